The van der Waals surface area contributed by atoms with Crippen molar-refractivity contribution in [2.45, 2.75) is 31.1 Å². The maximum Gasteiger partial charge on any atom is 0.268 e. The molecule has 2 aromatic carbocycles. The van der Waals surface area contributed by atoms with Gasteiger partial charge in [0.1, 0.15) is 0 Å². The monoisotopic (exact) mass is 339 g/mol. The second kappa shape index (κ2) is 5.64. The molecule has 3 nitrogen and oxygen atoms in total. The smallest absolute Gasteiger partial charge is 0.241 e. The third kappa shape index (κ3) is 2.57. The lowest BCUT2D eigenvalue weighted by Crippen LogP contribution is -2.14. The third-order valence-electron chi connectivity index (χ3n) is 4.48. The Kier molecular flexibility index (Phi) is 3.88. The van der Waals surface area contributed by atoms with E-state index in [4.69, 9.17) is 0 Å². The molecule has 0 fully saturated rings. The van der Waals surface area contributed by atoms with Gasteiger partial charge in [0.25, 0.3) is 10.0 Å². The van der Waals surface area contributed by atoms with Crippen LogP contribution in [-0.4, -0.2) is 12.4 Å². The van der Waals surface area contributed by atoms with Crippen LogP contribution in [0, 0.1) is 6.92 Å². The summed E-state index contributed by atoms with van der Waals surface area (Å²) >= 11 is 0. The minimum atomic E-state index is -3.62. The predicted molar refractivity (Wildman–Crippen MR) is 98.9 cm³/mol. The second-order valence-corrected chi connectivity index (χ2v) is 8.41. The number of benzene rings is 2. The molecule has 0 aliphatic heterocycles. The summed E-state index contributed by atoms with van der Waals surface area (Å²) in [5.41, 5.74) is 2.54. The molecule has 0 amide bonds. The van der Waals surface area contributed by atoms with Gasteiger partial charge in [-0.3, -0.25) is 0 Å². The summed E-state index contributed by atoms with van der Waals surface area (Å²) in [5.74, 6) is 0. The molecule has 0 spiro atoms. The van der Waals surface area contributed by atoms with Crippen molar-refractivity contribution in [1.82, 2.24) is 3.97 Å². The van der Waals surface area contributed by atoms with E-state index in [9.17, 15) is 8.42 Å². The summed E-state index contributed by atoms with van der Waals surface area (Å²) in [6.07, 6.45) is 3.51. The highest BCUT2D eigenvalue weighted by molar-refractivity contribution is 7.90. The van der Waals surface area contributed by atoms with E-state index in [1.807, 2.05) is 49.4 Å². The molecule has 0 saturated heterocycles. The quantitative estimate of drug-likeness (QED) is 0.649. The predicted octanol–water partition coefficient (Wildman–Crippen LogP) is 4.65. The Labute approximate surface area is 143 Å². The van der Waals surface area contributed by atoms with Gasteiger partial charge in [0, 0.05) is 17.0 Å². The average molecular weight is 339 g/mol. The lowest BCUT2D eigenvalue weighted by molar-refractivity contribution is 0.589. The summed E-state index contributed by atoms with van der Waals surface area (Å²) in [4.78, 5) is 0.291. The molecule has 0 unspecified atom stereocenters. The number of hydrogen-bond acceptors (Lipinski definition) is 2. The van der Waals surface area contributed by atoms with Crippen molar-refractivity contribution in [3.8, 4) is 0 Å². The van der Waals surface area contributed by atoms with Crippen LogP contribution in [0.4, 0.5) is 0 Å². The molecule has 0 radical (unpaired) electrons. The van der Waals surface area contributed by atoms with Crippen LogP contribution in [0.1, 0.15) is 25.0 Å². The number of rotatable bonds is 4. The molecular formula is C20H21NO2S. The number of allylic oxidation sites excluding steroid dienone is 1. The largest absolute Gasteiger partial charge is 0.268 e. The van der Waals surface area contributed by atoms with E-state index in [1.165, 1.54) is 3.97 Å². The Balaban J connectivity index is 2.24. The summed E-state index contributed by atoms with van der Waals surface area (Å²) < 4.78 is 27.3. The van der Waals surface area contributed by atoms with Crippen LogP contribution in [-0.2, 0) is 15.4 Å². The zero-order valence-corrected chi connectivity index (χ0v) is 15.0. The van der Waals surface area contributed by atoms with Gasteiger partial charge in [0.05, 0.1) is 10.4 Å². The summed E-state index contributed by atoms with van der Waals surface area (Å²) in [7, 11) is -3.62. The molecule has 0 saturated carbocycles. The number of hydrogen-bond donors (Lipinski definition) is 0. The van der Waals surface area contributed by atoms with Crippen molar-refractivity contribution in [3.05, 3.63) is 78.5 Å². The van der Waals surface area contributed by atoms with Crippen LogP contribution in [0.2, 0.25) is 0 Å². The molecule has 0 N–H and O–H groups in total. The minimum Gasteiger partial charge on any atom is -0.241 e. The van der Waals surface area contributed by atoms with Crippen LogP contribution >= 0.6 is 0 Å². The molecule has 0 atom stereocenters. The van der Waals surface area contributed by atoms with Crippen LogP contribution in [0.15, 0.2) is 72.3 Å². The number of aromatic nitrogens is 1. The van der Waals surface area contributed by atoms with Crippen molar-refractivity contribution < 1.29 is 8.42 Å². The van der Waals surface area contributed by atoms with Crippen LogP contribution < -0.4 is 0 Å². The highest BCUT2D eigenvalue weighted by Gasteiger charge is 2.23. The minimum absolute atomic E-state index is 0.237. The zero-order valence-electron chi connectivity index (χ0n) is 14.2. The molecule has 0 aliphatic carbocycles. The van der Waals surface area contributed by atoms with Gasteiger partial charge < -0.3 is 0 Å². The van der Waals surface area contributed by atoms with E-state index < -0.39 is 10.0 Å². The zero-order chi connectivity index (χ0) is 17.5. The standard InChI is InChI=1S/C20H21NO2S/c1-5-20(3,4)18-7-6-8-19-17(18)13-14-21(19)24(22,23)16-11-9-15(2)10-12-16/h5-14H,1H2,2-4H3. The van der Waals surface area contributed by atoms with E-state index in [-0.39, 0.29) is 5.41 Å². The molecule has 1 heterocycles. The van der Waals surface area contributed by atoms with Crippen molar-refractivity contribution >= 4 is 20.9 Å². The van der Waals surface area contributed by atoms with Gasteiger partial charge in [-0.2, -0.15) is 0 Å². The van der Waals surface area contributed by atoms with E-state index in [2.05, 4.69) is 20.4 Å². The molecule has 4 heteroatoms. The third-order valence-corrected chi connectivity index (χ3v) is 6.18. The lowest BCUT2D eigenvalue weighted by atomic mass is 9.83. The second-order valence-electron chi connectivity index (χ2n) is 6.59. The fraction of sp³-hybridized carbons (Fsp3) is 0.200. The van der Waals surface area contributed by atoms with Crippen molar-refractivity contribution in [1.29, 1.82) is 0 Å². The Bertz CT molecular complexity index is 1010. The number of fused-ring (bicyclic) bond motifs is 1. The van der Waals surface area contributed by atoms with Crippen molar-refractivity contribution in [2.75, 3.05) is 0 Å². The fourth-order valence-corrected chi connectivity index (χ4v) is 4.19. The Hall–Kier alpha value is -2.33. The van der Waals surface area contributed by atoms with Crippen LogP contribution in [0.25, 0.3) is 10.9 Å². The van der Waals surface area contributed by atoms with Gasteiger partial charge in [-0.25, -0.2) is 12.4 Å². The number of aryl methyl sites for hydroxylation is 1. The van der Waals surface area contributed by atoms with E-state index in [0.717, 1.165) is 16.5 Å². The average Bonchev–Trinajstić information content (AvgIpc) is 2.99. The first-order valence-electron chi connectivity index (χ1n) is 7.84. The lowest BCUT2D eigenvalue weighted by Gasteiger charge is -2.21. The SMILES string of the molecule is C=CC(C)(C)c1cccc2c1ccn2S(=O)(=O)c1ccc(C)cc1. The Morgan fingerprint density at radius 2 is 1.71 bits per heavy atom. The molecule has 0 bridgehead atoms. The highest BCUT2D eigenvalue weighted by atomic mass is 32.2. The van der Waals surface area contributed by atoms with E-state index >= 15 is 0 Å². The summed E-state index contributed by atoms with van der Waals surface area (Å²) in [6.45, 7) is 9.98. The van der Waals surface area contributed by atoms with Gasteiger partial charge in [0.15, 0.2) is 0 Å². The molecule has 24 heavy (non-hydrogen) atoms. The first-order valence-corrected chi connectivity index (χ1v) is 9.28. The molecule has 0 aliphatic rings. The van der Waals surface area contributed by atoms with Crippen LogP contribution in [0.3, 0.4) is 0 Å². The Morgan fingerprint density at radius 1 is 1.04 bits per heavy atom. The first-order chi connectivity index (χ1) is 11.3. The van der Waals surface area contributed by atoms with Crippen LogP contribution in [0.5, 0.6) is 0 Å². The summed E-state index contributed by atoms with van der Waals surface area (Å²) in [6, 6.07) is 14.5. The molecular weight excluding hydrogens is 318 g/mol. The van der Waals surface area contributed by atoms with Gasteiger partial charge in [-0.15, -0.1) is 6.58 Å². The number of nitrogens with zero attached hydrogens (tertiary/aromatic N) is 1. The summed E-state index contributed by atoms with van der Waals surface area (Å²) in [5, 5.41) is 0.929. The van der Waals surface area contributed by atoms with Gasteiger partial charge in [-0.1, -0.05) is 49.8 Å². The normalized spacial score (nSPS) is 12.5. The van der Waals surface area contributed by atoms with Gasteiger partial charge in [0.2, 0.25) is 0 Å². The van der Waals surface area contributed by atoms with E-state index in [1.54, 1.807) is 18.3 Å². The maximum atomic E-state index is 13.0. The molecule has 124 valence electrons. The Morgan fingerprint density at radius 3 is 2.33 bits per heavy atom. The highest BCUT2D eigenvalue weighted by Crippen LogP contribution is 2.33. The topological polar surface area (TPSA) is 39.1 Å². The van der Waals surface area contributed by atoms with Crippen molar-refractivity contribution in [2.24, 2.45) is 0 Å². The fourth-order valence-electron chi connectivity index (χ4n) is 2.85. The van der Waals surface area contributed by atoms with E-state index in [0.29, 0.717) is 10.4 Å². The van der Waals surface area contributed by atoms with Gasteiger partial charge in [-0.05, 0) is 36.8 Å². The molecule has 3 rings (SSSR count). The molecule has 3 aromatic rings. The van der Waals surface area contributed by atoms with Crippen molar-refractivity contribution in [3.63, 3.8) is 0 Å². The first kappa shape index (κ1) is 16.5. The molecule has 1 aromatic heterocycles. The van der Waals surface area contributed by atoms with Gasteiger partial charge >= 0.3 is 0 Å². The maximum absolute atomic E-state index is 13.0.